The smallest absolute Gasteiger partial charge is 0.172 e. The summed E-state index contributed by atoms with van der Waals surface area (Å²) in [6.45, 7) is 9.91. The van der Waals surface area contributed by atoms with Crippen LogP contribution in [0, 0.1) is 5.92 Å². The van der Waals surface area contributed by atoms with Gasteiger partial charge in [-0.1, -0.05) is 26.7 Å². The first kappa shape index (κ1) is 15.9. The second-order valence-corrected chi connectivity index (χ2v) is 4.09. The van der Waals surface area contributed by atoms with Crippen molar-refractivity contribution in [3.63, 3.8) is 0 Å². The summed E-state index contributed by atoms with van der Waals surface area (Å²) in [5, 5.41) is 3.32. The van der Waals surface area contributed by atoms with Crippen molar-refractivity contribution in [2.45, 2.75) is 59.3 Å². The number of likely N-dealkylation sites (N-methyl/N-ethyl adjacent to an activating group) is 1. The summed E-state index contributed by atoms with van der Waals surface area (Å²) in [7, 11) is 1.98. The number of hydrogen-bond acceptors (Lipinski definition) is 3. The molecule has 16 heavy (non-hydrogen) atoms. The summed E-state index contributed by atoms with van der Waals surface area (Å²) in [6.07, 6.45) is 3.45. The van der Waals surface area contributed by atoms with Crippen LogP contribution in [0.1, 0.15) is 47.0 Å². The molecule has 98 valence electrons. The van der Waals surface area contributed by atoms with Crippen molar-refractivity contribution in [3.05, 3.63) is 0 Å². The largest absolute Gasteiger partial charge is 0.351 e. The first-order chi connectivity index (χ1) is 7.73. The van der Waals surface area contributed by atoms with Gasteiger partial charge in [-0.05, 0) is 33.2 Å². The molecular formula is C13H29NO2. The van der Waals surface area contributed by atoms with Gasteiger partial charge in [-0.2, -0.15) is 0 Å². The summed E-state index contributed by atoms with van der Waals surface area (Å²) in [4.78, 5) is 0. The van der Waals surface area contributed by atoms with Crippen LogP contribution in [-0.4, -0.2) is 32.6 Å². The number of nitrogens with one attached hydrogen (secondary N) is 1. The number of rotatable bonds is 10. The van der Waals surface area contributed by atoms with Gasteiger partial charge in [0.1, 0.15) is 0 Å². The Labute approximate surface area is 101 Å². The van der Waals surface area contributed by atoms with Crippen LogP contribution in [0.15, 0.2) is 0 Å². The van der Waals surface area contributed by atoms with Crippen LogP contribution in [0.3, 0.4) is 0 Å². The summed E-state index contributed by atoms with van der Waals surface area (Å²) in [5.41, 5.74) is 0. The van der Waals surface area contributed by atoms with Gasteiger partial charge < -0.3 is 14.8 Å². The van der Waals surface area contributed by atoms with E-state index in [0.29, 0.717) is 19.3 Å². The van der Waals surface area contributed by atoms with Crippen LogP contribution >= 0.6 is 0 Å². The zero-order valence-electron chi connectivity index (χ0n) is 11.6. The molecule has 1 unspecified atom stereocenters. The molecule has 0 saturated heterocycles. The lowest BCUT2D eigenvalue weighted by Crippen LogP contribution is -2.42. The van der Waals surface area contributed by atoms with Gasteiger partial charge in [-0.25, -0.2) is 0 Å². The van der Waals surface area contributed by atoms with E-state index >= 15 is 0 Å². The van der Waals surface area contributed by atoms with Crippen LogP contribution < -0.4 is 5.32 Å². The van der Waals surface area contributed by atoms with Crippen LogP contribution in [0.2, 0.25) is 0 Å². The van der Waals surface area contributed by atoms with E-state index < -0.39 is 0 Å². The van der Waals surface area contributed by atoms with E-state index in [-0.39, 0.29) is 6.29 Å². The molecule has 0 amide bonds. The molecule has 0 aliphatic rings. The van der Waals surface area contributed by atoms with Crippen molar-refractivity contribution < 1.29 is 9.47 Å². The fourth-order valence-corrected chi connectivity index (χ4v) is 1.96. The van der Waals surface area contributed by atoms with Crippen LogP contribution in [0.25, 0.3) is 0 Å². The van der Waals surface area contributed by atoms with Crippen molar-refractivity contribution in [2.75, 3.05) is 20.3 Å². The Morgan fingerprint density at radius 1 is 0.938 bits per heavy atom. The first-order valence-corrected chi connectivity index (χ1v) is 6.63. The zero-order valence-corrected chi connectivity index (χ0v) is 11.6. The van der Waals surface area contributed by atoms with Crippen molar-refractivity contribution in [1.82, 2.24) is 5.32 Å². The van der Waals surface area contributed by atoms with Crippen molar-refractivity contribution in [1.29, 1.82) is 0 Å². The Balaban J connectivity index is 4.27. The van der Waals surface area contributed by atoms with Crippen molar-refractivity contribution in [2.24, 2.45) is 5.92 Å². The van der Waals surface area contributed by atoms with E-state index in [0.717, 1.165) is 12.3 Å². The molecule has 0 aromatic rings. The topological polar surface area (TPSA) is 30.5 Å². The van der Waals surface area contributed by atoms with Crippen molar-refractivity contribution >= 4 is 0 Å². The van der Waals surface area contributed by atoms with E-state index in [4.69, 9.17) is 9.47 Å². The highest BCUT2D eigenvalue weighted by Gasteiger charge is 2.23. The third-order valence-corrected chi connectivity index (χ3v) is 3.10. The van der Waals surface area contributed by atoms with Gasteiger partial charge in [-0.15, -0.1) is 0 Å². The lowest BCUT2D eigenvalue weighted by Gasteiger charge is -2.29. The quantitative estimate of drug-likeness (QED) is 0.586. The SMILES string of the molecule is CCOC(OCC)C(CC(CC)CC)NC. The predicted molar refractivity (Wildman–Crippen MR) is 68.6 cm³/mol. The highest BCUT2D eigenvalue weighted by molar-refractivity contribution is 4.73. The third-order valence-electron chi connectivity index (χ3n) is 3.10. The fraction of sp³-hybridized carbons (Fsp3) is 1.00. The van der Waals surface area contributed by atoms with Crippen LogP contribution in [0.4, 0.5) is 0 Å². The lowest BCUT2D eigenvalue weighted by atomic mass is 9.94. The average Bonchev–Trinajstić information content (AvgIpc) is 2.31. The molecule has 0 saturated carbocycles. The number of hydrogen-bond donors (Lipinski definition) is 1. The molecule has 0 rings (SSSR count). The summed E-state index contributed by atoms with van der Waals surface area (Å²) < 4.78 is 11.3. The fourth-order valence-electron chi connectivity index (χ4n) is 1.96. The molecule has 0 aliphatic carbocycles. The Bertz CT molecular complexity index is 143. The molecule has 0 radical (unpaired) electrons. The molecule has 0 spiro atoms. The van der Waals surface area contributed by atoms with Gasteiger partial charge in [0.2, 0.25) is 0 Å². The molecule has 3 nitrogen and oxygen atoms in total. The van der Waals surface area contributed by atoms with E-state index in [1.807, 2.05) is 20.9 Å². The van der Waals surface area contributed by atoms with Gasteiger partial charge in [0.05, 0.1) is 6.04 Å². The minimum atomic E-state index is -0.111. The maximum absolute atomic E-state index is 5.64. The zero-order chi connectivity index (χ0) is 12.4. The van der Waals surface area contributed by atoms with Gasteiger partial charge in [-0.3, -0.25) is 0 Å². The van der Waals surface area contributed by atoms with E-state index in [1.54, 1.807) is 0 Å². The maximum Gasteiger partial charge on any atom is 0.172 e. The van der Waals surface area contributed by atoms with Gasteiger partial charge in [0.25, 0.3) is 0 Å². The molecule has 0 bridgehead atoms. The summed E-state index contributed by atoms with van der Waals surface area (Å²) in [6, 6.07) is 0.296. The lowest BCUT2D eigenvalue weighted by molar-refractivity contribution is -0.155. The molecular weight excluding hydrogens is 202 g/mol. The Kier molecular flexibility index (Phi) is 9.99. The highest BCUT2D eigenvalue weighted by atomic mass is 16.7. The van der Waals surface area contributed by atoms with E-state index in [1.165, 1.54) is 12.8 Å². The average molecular weight is 231 g/mol. The standard InChI is InChI=1S/C13H29NO2/c1-6-11(7-2)10-12(14-5)13(15-8-3)16-9-4/h11-14H,6-10H2,1-5H3. The Morgan fingerprint density at radius 3 is 1.75 bits per heavy atom. The Morgan fingerprint density at radius 2 is 1.44 bits per heavy atom. The second kappa shape index (κ2) is 10.1. The normalized spacial score (nSPS) is 13.7. The van der Waals surface area contributed by atoms with Gasteiger partial charge in [0.15, 0.2) is 6.29 Å². The Hall–Kier alpha value is -0.120. The summed E-state index contributed by atoms with van der Waals surface area (Å²) >= 11 is 0. The van der Waals surface area contributed by atoms with Crippen LogP contribution in [0.5, 0.6) is 0 Å². The molecule has 0 aliphatic heterocycles. The molecule has 0 aromatic heterocycles. The molecule has 0 heterocycles. The second-order valence-electron chi connectivity index (χ2n) is 4.09. The number of ether oxygens (including phenoxy) is 2. The molecule has 3 heteroatoms. The van der Waals surface area contributed by atoms with E-state index in [2.05, 4.69) is 19.2 Å². The molecule has 1 N–H and O–H groups in total. The van der Waals surface area contributed by atoms with Gasteiger partial charge in [0, 0.05) is 13.2 Å². The highest BCUT2D eigenvalue weighted by Crippen LogP contribution is 2.18. The summed E-state index contributed by atoms with van der Waals surface area (Å²) in [5.74, 6) is 0.751. The third kappa shape index (κ3) is 5.83. The monoisotopic (exact) mass is 231 g/mol. The molecule has 0 fully saturated rings. The van der Waals surface area contributed by atoms with Crippen LogP contribution in [-0.2, 0) is 9.47 Å². The molecule has 1 atom stereocenters. The minimum Gasteiger partial charge on any atom is -0.351 e. The molecule has 0 aromatic carbocycles. The first-order valence-electron chi connectivity index (χ1n) is 6.63. The maximum atomic E-state index is 5.64. The van der Waals surface area contributed by atoms with Crippen molar-refractivity contribution in [3.8, 4) is 0 Å². The predicted octanol–water partition coefficient (Wildman–Crippen LogP) is 2.80. The minimum absolute atomic E-state index is 0.111. The van der Waals surface area contributed by atoms with E-state index in [9.17, 15) is 0 Å². The van der Waals surface area contributed by atoms with Gasteiger partial charge >= 0.3 is 0 Å².